The molecule has 0 fully saturated rings. The van der Waals surface area contributed by atoms with E-state index in [-0.39, 0.29) is 0 Å². The van der Waals surface area contributed by atoms with Crippen molar-refractivity contribution in [3.63, 3.8) is 0 Å². The SMILES string of the molecule is C=C(C)c1ncccc1S(=O)O. The van der Waals surface area contributed by atoms with Gasteiger partial charge in [-0.05, 0) is 24.6 Å². The highest BCUT2D eigenvalue weighted by molar-refractivity contribution is 7.79. The Labute approximate surface area is 73.4 Å². The van der Waals surface area contributed by atoms with Gasteiger partial charge in [0.2, 0.25) is 0 Å². The molecule has 0 aliphatic carbocycles. The van der Waals surface area contributed by atoms with Crippen molar-refractivity contribution in [1.82, 2.24) is 4.98 Å². The van der Waals surface area contributed by atoms with Gasteiger partial charge in [0.1, 0.15) is 0 Å². The van der Waals surface area contributed by atoms with Crippen LogP contribution >= 0.6 is 0 Å². The number of hydrogen-bond acceptors (Lipinski definition) is 2. The molecule has 3 nitrogen and oxygen atoms in total. The zero-order chi connectivity index (χ0) is 9.14. The first-order chi connectivity index (χ1) is 5.63. The number of hydrogen-bond donors (Lipinski definition) is 1. The molecule has 1 rings (SSSR count). The van der Waals surface area contributed by atoms with Gasteiger partial charge in [-0.1, -0.05) is 6.58 Å². The van der Waals surface area contributed by atoms with Crippen molar-refractivity contribution < 1.29 is 8.76 Å². The number of rotatable bonds is 2. The van der Waals surface area contributed by atoms with Crippen LogP contribution in [0.1, 0.15) is 12.6 Å². The molecule has 0 radical (unpaired) electrons. The van der Waals surface area contributed by atoms with Crippen LogP contribution in [0.3, 0.4) is 0 Å². The zero-order valence-electron chi connectivity index (χ0n) is 6.65. The summed E-state index contributed by atoms with van der Waals surface area (Å²) in [6.07, 6.45) is 1.57. The number of pyridine rings is 1. The Kier molecular flexibility index (Phi) is 2.73. The lowest BCUT2D eigenvalue weighted by Crippen LogP contribution is -1.96. The molecule has 1 heterocycles. The highest BCUT2D eigenvalue weighted by Crippen LogP contribution is 2.16. The highest BCUT2D eigenvalue weighted by Gasteiger charge is 2.07. The fourth-order valence-corrected chi connectivity index (χ4v) is 1.44. The van der Waals surface area contributed by atoms with Crippen molar-refractivity contribution in [2.45, 2.75) is 11.8 Å². The Morgan fingerprint density at radius 2 is 2.42 bits per heavy atom. The van der Waals surface area contributed by atoms with Gasteiger partial charge in [0, 0.05) is 6.20 Å². The monoisotopic (exact) mass is 183 g/mol. The first-order valence-corrected chi connectivity index (χ1v) is 4.45. The second-order valence-electron chi connectivity index (χ2n) is 2.38. The van der Waals surface area contributed by atoms with Gasteiger partial charge in [-0.25, -0.2) is 4.21 Å². The molecule has 1 atom stereocenters. The first-order valence-electron chi connectivity index (χ1n) is 3.34. The summed E-state index contributed by atoms with van der Waals surface area (Å²) in [5.74, 6) is 0. The Balaban J connectivity index is 3.27. The van der Waals surface area contributed by atoms with Crippen molar-refractivity contribution in [2.24, 2.45) is 0 Å². The average molecular weight is 183 g/mol. The van der Waals surface area contributed by atoms with Gasteiger partial charge in [0.05, 0.1) is 10.6 Å². The summed E-state index contributed by atoms with van der Waals surface area (Å²) in [7, 11) is 0. The van der Waals surface area contributed by atoms with Crippen molar-refractivity contribution >= 4 is 16.7 Å². The summed E-state index contributed by atoms with van der Waals surface area (Å²) in [5.41, 5.74) is 1.19. The van der Waals surface area contributed by atoms with Crippen LogP contribution in [0.2, 0.25) is 0 Å². The van der Waals surface area contributed by atoms with E-state index in [0.717, 1.165) is 0 Å². The molecule has 12 heavy (non-hydrogen) atoms. The highest BCUT2D eigenvalue weighted by atomic mass is 32.2. The number of nitrogens with zero attached hydrogens (tertiary/aromatic N) is 1. The fraction of sp³-hybridized carbons (Fsp3) is 0.125. The summed E-state index contributed by atoms with van der Waals surface area (Å²) in [6, 6.07) is 3.18. The quantitative estimate of drug-likeness (QED) is 0.710. The maximum Gasteiger partial charge on any atom is 0.188 e. The van der Waals surface area contributed by atoms with Crippen molar-refractivity contribution in [3.8, 4) is 0 Å². The third-order valence-corrected chi connectivity index (χ3v) is 2.07. The molecule has 1 unspecified atom stereocenters. The smallest absolute Gasteiger partial charge is 0.188 e. The molecule has 4 heteroatoms. The van der Waals surface area contributed by atoms with Crippen molar-refractivity contribution in [1.29, 1.82) is 0 Å². The Morgan fingerprint density at radius 3 is 2.83 bits per heavy atom. The fourth-order valence-electron chi connectivity index (χ4n) is 0.852. The molecule has 0 aromatic carbocycles. The molecule has 1 aromatic rings. The largest absolute Gasteiger partial charge is 0.302 e. The topological polar surface area (TPSA) is 50.2 Å². The van der Waals surface area contributed by atoms with Crippen LogP contribution < -0.4 is 0 Å². The predicted molar refractivity (Wildman–Crippen MR) is 48.0 cm³/mol. The van der Waals surface area contributed by atoms with E-state index in [0.29, 0.717) is 16.2 Å². The normalized spacial score (nSPS) is 12.5. The molecule has 0 bridgehead atoms. The van der Waals surface area contributed by atoms with Gasteiger partial charge in [-0.15, -0.1) is 0 Å². The molecule has 0 saturated heterocycles. The summed E-state index contributed by atoms with van der Waals surface area (Å²) in [5, 5.41) is 0. The molecular formula is C8H9NO2S. The van der Waals surface area contributed by atoms with Gasteiger partial charge >= 0.3 is 0 Å². The van der Waals surface area contributed by atoms with Crippen LogP contribution in [0.4, 0.5) is 0 Å². The van der Waals surface area contributed by atoms with Crippen LogP contribution in [0.25, 0.3) is 5.57 Å². The summed E-state index contributed by atoms with van der Waals surface area (Å²) >= 11 is -1.98. The van der Waals surface area contributed by atoms with Crippen LogP contribution in [0.15, 0.2) is 29.8 Å². The van der Waals surface area contributed by atoms with Gasteiger partial charge < -0.3 is 4.55 Å². The van der Waals surface area contributed by atoms with E-state index < -0.39 is 11.1 Å². The second-order valence-corrected chi connectivity index (χ2v) is 3.32. The average Bonchev–Trinajstić information content (AvgIpc) is 2.04. The van der Waals surface area contributed by atoms with Crippen molar-refractivity contribution in [2.75, 3.05) is 0 Å². The molecule has 0 saturated carbocycles. The lowest BCUT2D eigenvalue weighted by atomic mass is 10.2. The molecule has 1 aromatic heterocycles. The predicted octanol–water partition coefficient (Wildman–Crippen LogP) is 1.70. The number of allylic oxidation sites excluding steroid dienone is 1. The molecule has 0 aliphatic rings. The lowest BCUT2D eigenvalue weighted by molar-refractivity contribution is 0.563. The zero-order valence-corrected chi connectivity index (χ0v) is 7.47. The number of aromatic nitrogens is 1. The van der Waals surface area contributed by atoms with Crippen LogP contribution in [-0.2, 0) is 11.1 Å². The standard InChI is InChI=1S/C8H9NO2S/c1-6(2)8-7(12(10)11)4-3-5-9-8/h3-5H,1H2,2H3,(H,10,11). The molecule has 1 N–H and O–H groups in total. The van der Waals surface area contributed by atoms with Gasteiger partial charge in [-0.2, -0.15) is 0 Å². The van der Waals surface area contributed by atoms with Crippen LogP contribution in [0, 0.1) is 0 Å². The second kappa shape index (κ2) is 3.60. The Morgan fingerprint density at radius 1 is 1.75 bits per heavy atom. The maximum atomic E-state index is 10.8. The lowest BCUT2D eigenvalue weighted by Gasteiger charge is -2.02. The summed E-state index contributed by atoms with van der Waals surface area (Å²) < 4.78 is 19.6. The van der Waals surface area contributed by atoms with Gasteiger partial charge in [-0.3, -0.25) is 4.98 Å². The third-order valence-electron chi connectivity index (χ3n) is 1.36. The van der Waals surface area contributed by atoms with Crippen LogP contribution in [-0.4, -0.2) is 13.7 Å². The molecule has 0 aliphatic heterocycles. The van der Waals surface area contributed by atoms with Gasteiger partial charge in [0.15, 0.2) is 11.1 Å². The van der Waals surface area contributed by atoms with E-state index in [1.54, 1.807) is 25.3 Å². The molecular weight excluding hydrogens is 174 g/mol. The minimum absolute atomic E-state index is 0.310. The van der Waals surface area contributed by atoms with E-state index in [1.807, 2.05) is 0 Å². The van der Waals surface area contributed by atoms with E-state index in [4.69, 9.17) is 4.55 Å². The van der Waals surface area contributed by atoms with Crippen LogP contribution in [0.5, 0.6) is 0 Å². The first kappa shape index (κ1) is 9.09. The minimum Gasteiger partial charge on any atom is -0.302 e. The van der Waals surface area contributed by atoms with E-state index >= 15 is 0 Å². The molecule has 64 valence electrons. The summed E-state index contributed by atoms with van der Waals surface area (Å²) in [6.45, 7) is 5.41. The van der Waals surface area contributed by atoms with E-state index in [1.165, 1.54) is 0 Å². The molecule has 0 spiro atoms. The molecule has 0 amide bonds. The minimum atomic E-state index is -1.98. The summed E-state index contributed by atoms with van der Waals surface area (Å²) in [4.78, 5) is 4.26. The van der Waals surface area contributed by atoms with Crippen molar-refractivity contribution in [3.05, 3.63) is 30.6 Å². The Hall–Kier alpha value is -1.00. The van der Waals surface area contributed by atoms with Gasteiger partial charge in [0.25, 0.3) is 0 Å². The third kappa shape index (κ3) is 1.78. The Bertz CT molecular complexity index is 303. The van der Waals surface area contributed by atoms with E-state index in [2.05, 4.69) is 11.6 Å². The van der Waals surface area contributed by atoms with E-state index in [9.17, 15) is 4.21 Å². The maximum absolute atomic E-state index is 10.8.